The molecule has 0 unspecified atom stereocenters. The van der Waals surface area contributed by atoms with E-state index in [9.17, 15) is 9.18 Å². The first kappa shape index (κ1) is 11.2. The minimum atomic E-state index is -0.338. The normalized spacial score (nSPS) is 10.0. The Morgan fingerprint density at radius 3 is 2.79 bits per heavy atom. The number of hydrogen-bond acceptors (Lipinski definition) is 2. The topological polar surface area (TPSA) is 26.3 Å². The maximum Gasteiger partial charge on any atom is 0.137 e. The van der Waals surface area contributed by atoms with Gasteiger partial charge >= 0.3 is 0 Å². The summed E-state index contributed by atoms with van der Waals surface area (Å²) in [5.41, 5.74) is 1.04. The number of benzene rings is 1. The summed E-state index contributed by atoms with van der Waals surface area (Å²) in [4.78, 5) is 10.4. The van der Waals surface area contributed by atoms with Crippen LogP contribution in [0, 0.1) is 12.7 Å². The van der Waals surface area contributed by atoms with Gasteiger partial charge in [-0.3, -0.25) is 0 Å². The van der Waals surface area contributed by atoms with Gasteiger partial charge in [0, 0.05) is 17.5 Å². The fourth-order valence-corrected chi connectivity index (χ4v) is 1.81. The van der Waals surface area contributed by atoms with Gasteiger partial charge in [0.2, 0.25) is 0 Å². The highest BCUT2D eigenvalue weighted by Crippen LogP contribution is 2.33. The standard InChI is InChI=1S/C10H10BrFO2/c1-6-8(12)5-7(3-4-13)10(14-2)9(6)11/h4-5H,3H2,1-2H3. The third-order valence-electron chi connectivity index (χ3n) is 1.99. The molecule has 1 aromatic rings. The summed E-state index contributed by atoms with van der Waals surface area (Å²) >= 11 is 3.23. The van der Waals surface area contributed by atoms with Crippen molar-refractivity contribution in [1.82, 2.24) is 0 Å². The minimum Gasteiger partial charge on any atom is -0.495 e. The molecule has 1 aromatic carbocycles. The molecule has 2 nitrogen and oxygen atoms in total. The summed E-state index contributed by atoms with van der Waals surface area (Å²) in [5, 5.41) is 0. The Kier molecular flexibility index (Phi) is 3.63. The van der Waals surface area contributed by atoms with Crippen LogP contribution in [0.15, 0.2) is 10.5 Å². The first-order valence-electron chi connectivity index (χ1n) is 4.07. The number of aldehydes is 1. The van der Waals surface area contributed by atoms with Crippen molar-refractivity contribution in [1.29, 1.82) is 0 Å². The van der Waals surface area contributed by atoms with E-state index >= 15 is 0 Å². The van der Waals surface area contributed by atoms with E-state index < -0.39 is 0 Å². The van der Waals surface area contributed by atoms with Crippen LogP contribution in [-0.4, -0.2) is 13.4 Å². The van der Waals surface area contributed by atoms with Crippen molar-refractivity contribution < 1.29 is 13.9 Å². The average molecular weight is 261 g/mol. The number of carbonyl (C=O) groups is 1. The number of rotatable bonds is 3. The van der Waals surface area contributed by atoms with Gasteiger partial charge in [0.05, 0.1) is 11.6 Å². The number of ether oxygens (including phenoxy) is 1. The van der Waals surface area contributed by atoms with Crippen LogP contribution in [0.1, 0.15) is 11.1 Å². The maximum atomic E-state index is 13.3. The Morgan fingerprint density at radius 2 is 2.29 bits per heavy atom. The van der Waals surface area contributed by atoms with Gasteiger partial charge < -0.3 is 9.53 Å². The molecule has 0 saturated carbocycles. The molecule has 0 aliphatic carbocycles. The Balaban J connectivity index is 3.35. The Labute approximate surface area is 90.2 Å². The zero-order chi connectivity index (χ0) is 10.7. The molecule has 0 heterocycles. The van der Waals surface area contributed by atoms with Gasteiger partial charge in [-0.05, 0) is 28.9 Å². The molecular formula is C10H10BrFO2. The summed E-state index contributed by atoms with van der Waals surface area (Å²) in [6.07, 6.45) is 0.873. The predicted molar refractivity (Wildman–Crippen MR) is 55.2 cm³/mol. The third kappa shape index (κ3) is 1.95. The smallest absolute Gasteiger partial charge is 0.137 e. The molecule has 0 N–H and O–H groups in total. The van der Waals surface area contributed by atoms with Gasteiger partial charge in [0.25, 0.3) is 0 Å². The fourth-order valence-electron chi connectivity index (χ4n) is 1.20. The monoisotopic (exact) mass is 260 g/mol. The highest BCUT2D eigenvalue weighted by Gasteiger charge is 2.13. The highest BCUT2D eigenvalue weighted by molar-refractivity contribution is 9.10. The SMILES string of the molecule is COc1c(CC=O)cc(F)c(C)c1Br. The number of hydrogen-bond donors (Lipinski definition) is 0. The van der Waals surface area contributed by atoms with Crippen molar-refractivity contribution in [3.8, 4) is 5.75 Å². The van der Waals surface area contributed by atoms with Crippen molar-refractivity contribution in [3.63, 3.8) is 0 Å². The molecule has 76 valence electrons. The van der Waals surface area contributed by atoms with E-state index in [4.69, 9.17) is 4.74 Å². The Bertz CT molecular complexity index is 364. The number of carbonyl (C=O) groups excluding carboxylic acids is 1. The van der Waals surface area contributed by atoms with Crippen LogP contribution in [0.4, 0.5) is 4.39 Å². The van der Waals surface area contributed by atoms with E-state index in [0.29, 0.717) is 21.3 Å². The summed E-state index contributed by atoms with van der Waals surface area (Å²) in [7, 11) is 1.49. The first-order valence-corrected chi connectivity index (χ1v) is 4.86. The zero-order valence-corrected chi connectivity index (χ0v) is 9.52. The summed E-state index contributed by atoms with van der Waals surface area (Å²) in [6.45, 7) is 1.65. The van der Waals surface area contributed by atoms with Crippen molar-refractivity contribution >= 4 is 22.2 Å². The number of methoxy groups -OCH3 is 1. The molecular weight excluding hydrogens is 251 g/mol. The lowest BCUT2D eigenvalue weighted by atomic mass is 10.1. The van der Waals surface area contributed by atoms with Gasteiger partial charge in [-0.1, -0.05) is 0 Å². The maximum absolute atomic E-state index is 13.3. The Morgan fingerprint density at radius 1 is 1.64 bits per heavy atom. The Hall–Kier alpha value is -0.900. The van der Waals surface area contributed by atoms with Gasteiger partial charge in [0.15, 0.2) is 0 Å². The molecule has 0 aromatic heterocycles. The number of halogens is 2. The molecule has 1 rings (SSSR count). The molecule has 0 aliphatic heterocycles. The van der Waals surface area contributed by atoms with E-state index in [0.717, 1.165) is 6.29 Å². The second kappa shape index (κ2) is 4.55. The van der Waals surface area contributed by atoms with Crippen molar-refractivity contribution in [2.45, 2.75) is 13.3 Å². The minimum absolute atomic E-state index is 0.152. The van der Waals surface area contributed by atoms with Crippen LogP contribution in [0.2, 0.25) is 0 Å². The van der Waals surface area contributed by atoms with Gasteiger partial charge in [-0.15, -0.1) is 0 Å². The lowest BCUT2D eigenvalue weighted by Crippen LogP contribution is -1.98. The van der Waals surface area contributed by atoms with Crippen molar-refractivity contribution in [2.75, 3.05) is 7.11 Å². The molecule has 4 heteroatoms. The lowest BCUT2D eigenvalue weighted by Gasteiger charge is -2.11. The molecule has 0 radical (unpaired) electrons. The van der Waals surface area contributed by atoms with E-state index in [1.807, 2.05) is 0 Å². The second-order valence-corrected chi connectivity index (χ2v) is 3.65. The van der Waals surface area contributed by atoms with Crippen LogP contribution in [0.25, 0.3) is 0 Å². The lowest BCUT2D eigenvalue weighted by molar-refractivity contribution is -0.107. The van der Waals surface area contributed by atoms with Crippen LogP contribution in [0.5, 0.6) is 5.75 Å². The van der Waals surface area contributed by atoms with E-state index in [2.05, 4.69) is 15.9 Å². The summed E-state index contributed by atoms with van der Waals surface area (Å²) in [6, 6.07) is 1.33. The van der Waals surface area contributed by atoms with Gasteiger partial charge in [-0.25, -0.2) is 4.39 Å². The first-order chi connectivity index (χ1) is 6.61. The van der Waals surface area contributed by atoms with Crippen molar-refractivity contribution in [3.05, 3.63) is 27.5 Å². The summed E-state index contributed by atoms with van der Waals surface area (Å²) < 4.78 is 18.9. The van der Waals surface area contributed by atoms with Crippen molar-refractivity contribution in [2.24, 2.45) is 0 Å². The third-order valence-corrected chi connectivity index (χ3v) is 2.94. The molecule has 14 heavy (non-hydrogen) atoms. The molecule has 0 amide bonds. The molecule has 0 saturated heterocycles. The molecule has 0 spiro atoms. The quantitative estimate of drug-likeness (QED) is 0.782. The molecule has 0 fully saturated rings. The van der Waals surface area contributed by atoms with Gasteiger partial charge in [0.1, 0.15) is 17.9 Å². The largest absolute Gasteiger partial charge is 0.495 e. The zero-order valence-electron chi connectivity index (χ0n) is 7.93. The molecule has 0 atom stereocenters. The van der Waals surface area contributed by atoms with Gasteiger partial charge in [-0.2, -0.15) is 0 Å². The predicted octanol–water partition coefficient (Wildman–Crippen LogP) is 2.65. The van der Waals surface area contributed by atoms with Crippen LogP contribution in [-0.2, 0) is 11.2 Å². The molecule has 0 bridgehead atoms. The second-order valence-electron chi connectivity index (χ2n) is 2.86. The van der Waals surface area contributed by atoms with E-state index in [1.165, 1.54) is 13.2 Å². The van der Waals surface area contributed by atoms with Crippen LogP contribution in [0.3, 0.4) is 0 Å². The molecule has 0 aliphatic rings. The van der Waals surface area contributed by atoms with E-state index in [1.54, 1.807) is 6.92 Å². The highest BCUT2D eigenvalue weighted by atomic mass is 79.9. The van der Waals surface area contributed by atoms with Crippen LogP contribution < -0.4 is 4.74 Å². The summed E-state index contributed by atoms with van der Waals surface area (Å²) in [5.74, 6) is 0.186. The van der Waals surface area contributed by atoms with Crippen LogP contribution >= 0.6 is 15.9 Å². The fraction of sp³-hybridized carbons (Fsp3) is 0.300. The van der Waals surface area contributed by atoms with E-state index in [-0.39, 0.29) is 12.2 Å². The average Bonchev–Trinajstić information content (AvgIpc) is 2.16.